The standard InChI is InChI=1S/C11H14N4O2/c1-7(2)15-9(4-5-12-15)10-8(11(16)17)6-13-14(10)3/h4-7H,1-3H3,(H,16,17). The highest BCUT2D eigenvalue weighted by atomic mass is 16.4. The second-order valence-corrected chi connectivity index (χ2v) is 4.09. The first-order chi connectivity index (χ1) is 8.02. The highest BCUT2D eigenvalue weighted by Gasteiger charge is 2.20. The van der Waals surface area contributed by atoms with Crippen LogP contribution in [0.1, 0.15) is 30.2 Å². The van der Waals surface area contributed by atoms with Gasteiger partial charge in [0.05, 0.1) is 11.9 Å². The minimum Gasteiger partial charge on any atom is -0.478 e. The molecule has 0 spiro atoms. The van der Waals surface area contributed by atoms with E-state index in [1.54, 1.807) is 28.7 Å². The molecular formula is C11H14N4O2. The molecule has 0 aliphatic heterocycles. The van der Waals surface area contributed by atoms with Crippen LogP contribution in [0, 0.1) is 0 Å². The summed E-state index contributed by atoms with van der Waals surface area (Å²) in [6, 6.07) is 1.96. The lowest BCUT2D eigenvalue weighted by atomic mass is 10.2. The number of nitrogens with zero attached hydrogens (tertiary/aromatic N) is 4. The Morgan fingerprint density at radius 3 is 2.71 bits per heavy atom. The average molecular weight is 234 g/mol. The van der Waals surface area contributed by atoms with Gasteiger partial charge in [0, 0.05) is 19.3 Å². The predicted molar refractivity (Wildman–Crippen MR) is 61.8 cm³/mol. The number of hydrogen-bond acceptors (Lipinski definition) is 3. The first-order valence-corrected chi connectivity index (χ1v) is 5.31. The van der Waals surface area contributed by atoms with Crippen molar-refractivity contribution in [2.45, 2.75) is 19.9 Å². The summed E-state index contributed by atoms with van der Waals surface area (Å²) in [5.41, 5.74) is 1.52. The van der Waals surface area contributed by atoms with E-state index in [-0.39, 0.29) is 11.6 Å². The summed E-state index contributed by atoms with van der Waals surface area (Å²) in [7, 11) is 1.72. The van der Waals surface area contributed by atoms with Crippen LogP contribution in [0.3, 0.4) is 0 Å². The number of aromatic carboxylic acids is 1. The summed E-state index contributed by atoms with van der Waals surface area (Å²) in [4.78, 5) is 11.1. The maximum Gasteiger partial charge on any atom is 0.339 e. The van der Waals surface area contributed by atoms with Crippen molar-refractivity contribution < 1.29 is 9.90 Å². The van der Waals surface area contributed by atoms with E-state index in [1.807, 2.05) is 13.8 Å². The quantitative estimate of drug-likeness (QED) is 0.874. The molecule has 2 aromatic heterocycles. The van der Waals surface area contributed by atoms with Crippen molar-refractivity contribution in [3.63, 3.8) is 0 Å². The van der Waals surface area contributed by atoms with Gasteiger partial charge in [0.1, 0.15) is 11.3 Å². The van der Waals surface area contributed by atoms with E-state index < -0.39 is 5.97 Å². The molecule has 1 N–H and O–H groups in total. The molecule has 0 fully saturated rings. The molecule has 0 aliphatic rings. The van der Waals surface area contributed by atoms with Crippen LogP contribution in [0.25, 0.3) is 11.4 Å². The van der Waals surface area contributed by atoms with Crippen LogP contribution < -0.4 is 0 Å². The van der Waals surface area contributed by atoms with Crippen molar-refractivity contribution in [1.82, 2.24) is 19.6 Å². The molecule has 6 nitrogen and oxygen atoms in total. The third-order valence-electron chi connectivity index (χ3n) is 2.57. The summed E-state index contributed by atoms with van der Waals surface area (Å²) >= 11 is 0. The first kappa shape index (κ1) is 11.4. The van der Waals surface area contributed by atoms with Gasteiger partial charge in [-0.15, -0.1) is 0 Å². The Hall–Kier alpha value is -2.11. The topological polar surface area (TPSA) is 72.9 Å². The van der Waals surface area contributed by atoms with E-state index >= 15 is 0 Å². The zero-order valence-electron chi connectivity index (χ0n) is 9.95. The van der Waals surface area contributed by atoms with Gasteiger partial charge in [0.25, 0.3) is 0 Å². The summed E-state index contributed by atoms with van der Waals surface area (Å²) in [6.45, 7) is 3.99. The lowest BCUT2D eigenvalue weighted by molar-refractivity contribution is 0.0697. The molecule has 0 saturated carbocycles. The van der Waals surface area contributed by atoms with E-state index in [0.29, 0.717) is 5.69 Å². The highest BCUT2D eigenvalue weighted by Crippen LogP contribution is 2.25. The Morgan fingerprint density at radius 1 is 1.41 bits per heavy atom. The van der Waals surface area contributed by atoms with Gasteiger partial charge in [0.2, 0.25) is 0 Å². The third kappa shape index (κ3) is 1.82. The first-order valence-electron chi connectivity index (χ1n) is 5.31. The van der Waals surface area contributed by atoms with Crippen molar-refractivity contribution in [1.29, 1.82) is 0 Å². The number of carbonyl (C=O) groups is 1. The number of rotatable bonds is 3. The normalized spacial score (nSPS) is 11.1. The molecule has 0 saturated heterocycles. The van der Waals surface area contributed by atoms with Crippen LogP contribution in [0.15, 0.2) is 18.5 Å². The van der Waals surface area contributed by atoms with E-state index in [9.17, 15) is 4.79 Å². The molecule has 90 valence electrons. The van der Waals surface area contributed by atoms with Gasteiger partial charge >= 0.3 is 5.97 Å². The van der Waals surface area contributed by atoms with Crippen LogP contribution in [0.2, 0.25) is 0 Å². The maximum absolute atomic E-state index is 11.1. The fourth-order valence-electron chi connectivity index (χ4n) is 1.81. The van der Waals surface area contributed by atoms with E-state index in [0.717, 1.165) is 5.69 Å². The molecule has 6 heteroatoms. The van der Waals surface area contributed by atoms with Crippen molar-refractivity contribution in [3.8, 4) is 11.4 Å². The third-order valence-corrected chi connectivity index (χ3v) is 2.57. The summed E-state index contributed by atoms with van der Waals surface area (Å²) in [5, 5.41) is 17.3. The molecular weight excluding hydrogens is 220 g/mol. The fraction of sp³-hybridized carbons (Fsp3) is 0.364. The molecule has 0 unspecified atom stereocenters. The van der Waals surface area contributed by atoms with Gasteiger partial charge in [-0.2, -0.15) is 10.2 Å². The number of carboxylic acids is 1. The van der Waals surface area contributed by atoms with Gasteiger partial charge < -0.3 is 5.11 Å². The van der Waals surface area contributed by atoms with E-state index in [1.165, 1.54) is 6.20 Å². The highest BCUT2D eigenvalue weighted by molar-refractivity contribution is 5.94. The van der Waals surface area contributed by atoms with Crippen LogP contribution in [0.4, 0.5) is 0 Å². The summed E-state index contributed by atoms with van der Waals surface area (Å²) in [6.07, 6.45) is 3.02. The van der Waals surface area contributed by atoms with Gasteiger partial charge in [0.15, 0.2) is 0 Å². The second-order valence-electron chi connectivity index (χ2n) is 4.09. The van der Waals surface area contributed by atoms with Gasteiger partial charge in [-0.25, -0.2) is 4.79 Å². The van der Waals surface area contributed by atoms with E-state index in [4.69, 9.17) is 5.11 Å². The Labute approximate surface area is 98.5 Å². The molecule has 2 aromatic rings. The zero-order valence-corrected chi connectivity index (χ0v) is 9.95. The monoisotopic (exact) mass is 234 g/mol. The maximum atomic E-state index is 11.1. The minimum atomic E-state index is -0.982. The largest absolute Gasteiger partial charge is 0.478 e. The lowest BCUT2D eigenvalue weighted by Crippen LogP contribution is -2.09. The molecule has 0 bridgehead atoms. The van der Waals surface area contributed by atoms with Gasteiger partial charge in [-0.3, -0.25) is 9.36 Å². The lowest BCUT2D eigenvalue weighted by Gasteiger charge is -2.11. The van der Waals surface area contributed by atoms with Crippen LogP contribution in [-0.4, -0.2) is 30.6 Å². The molecule has 0 atom stereocenters. The predicted octanol–water partition coefficient (Wildman–Crippen LogP) is 1.56. The Balaban J connectivity index is 2.64. The molecule has 0 aromatic carbocycles. The van der Waals surface area contributed by atoms with Crippen molar-refractivity contribution in [2.24, 2.45) is 7.05 Å². The number of hydrogen-bond donors (Lipinski definition) is 1. The smallest absolute Gasteiger partial charge is 0.339 e. The fourth-order valence-corrected chi connectivity index (χ4v) is 1.81. The number of aromatic nitrogens is 4. The van der Waals surface area contributed by atoms with E-state index in [2.05, 4.69) is 10.2 Å². The molecule has 2 rings (SSSR count). The van der Waals surface area contributed by atoms with Crippen LogP contribution in [-0.2, 0) is 7.05 Å². The SMILES string of the molecule is CC(C)n1nccc1-c1c(C(=O)O)cnn1C. The van der Waals surface area contributed by atoms with Crippen molar-refractivity contribution in [3.05, 3.63) is 24.0 Å². The van der Waals surface area contributed by atoms with Crippen LogP contribution >= 0.6 is 0 Å². The molecule has 0 radical (unpaired) electrons. The van der Waals surface area contributed by atoms with Gasteiger partial charge in [-0.05, 0) is 19.9 Å². The Bertz CT molecular complexity index is 554. The Kier molecular flexibility index (Phi) is 2.71. The van der Waals surface area contributed by atoms with Gasteiger partial charge in [-0.1, -0.05) is 0 Å². The summed E-state index contributed by atoms with van der Waals surface area (Å²) in [5.74, 6) is -0.982. The minimum absolute atomic E-state index is 0.163. The molecule has 2 heterocycles. The molecule has 17 heavy (non-hydrogen) atoms. The van der Waals surface area contributed by atoms with Crippen LogP contribution in [0.5, 0.6) is 0 Å². The number of aryl methyl sites for hydroxylation is 1. The second kappa shape index (κ2) is 4.04. The zero-order chi connectivity index (χ0) is 12.6. The average Bonchev–Trinajstić information content (AvgIpc) is 2.82. The van der Waals surface area contributed by atoms with Crippen molar-refractivity contribution >= 4 is 5.97 Å². The Morgan fingerprint density at radius 2 is 2.12 bits per heavy atom. The summed E-state index contributed by atoms with van der Waals surface area (Å²) < 4.78 is 3.34. The molecule has 0 amide bonds. The number of carboxylic acid groups (broad SMARTS) is 1. The van der Waals surface area contributed by atoms with Crippen molar-refractivity contribution in [2.75, 3.05) is 0 Å². The molecule has 0 aliphatic carbocycles.